The van der Waals surface area contributed by atoms with Crippen LogP contribution in [0.1, 0.15) is 56.6 Å². The Morgan fingerprint density at radius 3 is 2.50 bits per heavy atom. The van der Waals surface area contributed by atoms with Crippen molar-refractivity contribution < 1.29 is 14.6 Å². The van der Waals surface area contributed by atoms with Crippen molar-refractivity contribution in [3.05, 3.63) is 59.7 Å². The van der Waals surface area contributed by atoms with Gasteiger partial charge in [0.15, 0.2) is 11.5 Å². The standard InChI is InChI=1S/C26H35NO3/c1-19(28)26(2)18-27(16-20-9-5-4-6-10-20)17-23(26)21-13-14-24(29-3)25(15-21)30-22-11-7-8-12-22/h4-6,9-10,13-15,19,22-23,28H,7-8,11-12,16-18H2,1-3H3/t19-,23+,26+/m1/s1. The average Bonchev–Trinajstić information content (AvgIpc) is 3.37. The molecule has 3 atom stereocenters. The Bertz CT molecular complexity index is 831. The first-order chi connectivity index (χ1) is 14.5. The van der Waals surface area contributed by atoms with Crippen LogP contribution in [0.2, 0.25) is 0 Å². The van der Waals surface area contributed by atoms with Crippen molar-refractivity contribution in [2.24, 2.45) is 5.41 Å². The first-order valence-electron chi connectivity index (χ1n) is 11.3. The number of methoxy groups -OCH3 is 1. The molecule has 1 saturated heterocycles. The van der Waals surface area contributed by atoms with Crippen LogP contribution in [-0.2, 0) is 6.54 Å². The molecule has 1 heterocycles. The summed E-state index contributed by atoms with van der Waals surface area (Å²) >= 11 is 0. The first kappa shape index (κ1) is 21.2. The molecule has 0 unspecified atom stereocenters. The lowest BCUT2D eigenvalue weighted by Gasteiger charge is -2.34. The summed E-state index contributed by atoms with van der Waals surface area (Å²) < 4.78 is 11.9. The van der Waals surface area contributed by atoms with Gasteiger partial charge in [-0.3, -0.25) is 4.90 Å². The fourth-order valence-electron chi connectivity index (χ4n) is 5.18. The normalized spacial score (nSPS) is 26.1. The second kappa shape index (κ2) is 8.99. The highest BCUT2D eigenvalue weighted by Gasteiger charge is 2.47. The molecule has 0 bridgehead atoms. The number of hydrogen-bond donors (Lipinski definition) is 1. The Kier molecular flexibility index (Phi) is 6.35. The predicted molar refractivity (Wildman–Crippen MR) is 120 cm³/mol. The van der Waals surface area contributed by atoms with E-state index in [9.17, 15) is 5.11 Å². The van der Waals surface area contributed by atoms with Crippen molar-refractivity contribution in [1.82, 2.24) is 4.90 Å². The molecule has 30 heavy (non-hydrogen) atoms. The van der Waals surface area contributed by atoms with Crippen LogP contribution in [0.3, 0.4) is 0 Å². The predicted octanol–water partition coefficient (Wildman–Crippen LogP) is 5.00. The summed E-state index contributed by atoms with van der Waals surface area (Å²) in [4.78, 5) is 2.47. The molecule has 0 aromatic heterocycles. The molecule has 4 nitrogen and oxygen atoms in total. The van der Waals surface area contributed by atoms with Gasteiger partial charge in [-0.1, -0.05) is 43.3 Å². The topological polar surface area (TPSA) is 41.9 Å². The average molecular weight is 410 g/mol. The summed E-state index contributed by atoms with van der Waals surface area (Å²) in [6, 6.07) is 16.9. The van der Waals surface area contributed by atoms with Crippen LogP contribution in [0.4, 0.5) is 0 Å². The minimum Gasteiger partial charge on any atom is -0.493 e. The zero-order chi connectivity index (χ0) is 21.1. The Morgan fingerprint density at radius 2 is 1.83 bits per heavy atom. The van der Waals surface area contributed by atoms with Gasteiger partial charge in [0.25, 0.3) is 0 Å². The molecular weight excluding hydrogens is 374 g/mol. The SMILES string of the molecule is COc1ccc([C@@H]2CN(Cc3ccccc3)C[C@@]2(C)[C@@H](C)O)cc1OC1CCCC1. The fourth-order valence-corrected chi connectivity index (χ4v) is 5.18. The monoisotopic (exact) mass is 409 g/mol. The summed E-state index contributed by atoms with van der Waals surface area (Å²) in [5, 5.41) is 10.7. The number of hydrogen-bond acceptors (Lipinski definition) is 4. The second-order valence-electron chi connectivity index (χ2n) is 9.32. The van der Waals surface area contributed by atoms with E-state index in [0.717, 1.165) is 44.0 Å². The zero-order valence-corrected chi connectivity index (χ0v) is 18.5. The third kappa shape index (κ3) is 4.35. The lowest BCUT2D eigenvalue weighted by atomic mass is 9.72. The number of ether oxygens (including phenoxy) is 2. The second-order valence-corrected chi connectivity index (χ2v) is 9.32. The lowest BCUT2D eigenvalue weighted by Crippen LogP contribution is -2.37. The first-order valence-corrected chi connectivity index (χ1v) is 11.3. The molecule has 2 aliphatic rings. The maximum atomic E-state index is 10.7. The Morgan fingerprint density at radius 1 is 1.10 bits per heavy atom. The van der Waals surface area contributed by atoms with Gasteiger partial charge in [0.2, 0.25) is 0 Å². The van der Waals surface area contributed by atoms with Gasteiger partial charge >= 0.3 is 0 Å². The number of rotatable bonds is 7. The maximum absolute atomic E-state index is 10.7. The molecule has 2 aromatic carbocycles. The Balaban J connectivity index is 1.59. The van der Waals surface area contributed by atoms with Gasteiger partial charge in [-0.2, -0.15) is 0 Å². The van der Waals surface area contributed by atoms with Crippen LogP contribution in [0, 0.1) is 5.41 Å². The molecule has 2 fully saturated rings. The third-order valence-corrected chi connectivity index (χ3v) is 7.19. The molecule has 4 heteroatoms. The molecule has 1 N–H and O–H groups in total. The molecule has 1 aliphatic carbocycles. The third-order valence-electron chi connectivity index (χ3n) is 7.19. The fraction of sp³-hybridized carbons (Fsp3) is 0.538. The maximum Gasteiger partial charge on any atom is 0.161 e. The van der Waals surface area contributed by atoms with E-state index in [0.29, 0.717) is 0 Å². The van der Waals surface area contributed by atoms with Crippen molar-refractivity contribution in [3.63, 3.8) is 0 Å². The van der Waals surface area contributed by atoms with E-state index in [1.165, 1.54) is 24.0 Å². The number of nitrogens with zero attached hydrogens (tertiary/aromatic N) is 1. The minimum atomic E-state index is -0.399. The molecule has 1 aliphatic heterocycles. The summed E-state index contributed by atoms with van der Waals surface area (Å²) in [5.74, 6) is 1.87. The van der Waals surface area contributed by atoms with E-state index in [-0.39, 0.29) is 17.4 Å². The van der Waals surface area contributed by atoms with Crippen LogP contribution in [0.15, 0.2) is 48.5 Å². The van der Waals surface area contributed by atoms with Crippen molar-refractivity contribution in [3.8, 4) is 11.5 Å². The van der Waals surface area contributed by atoms with E-state index in [1.54, 1.807) is 7.11 Å². The molecule has 0 spiro atoms. The largest absolute Gasteiger partial charge is 0.493 e. The van der Waals surface area contributed by atoms with E-state index >= 15 is 0 Å². The van der Waals surface area contributed by atoms with Crippen LogP contribution >= 0.6 is 0 Å². The minimum absolute atomic E-state index is 0.214. The molecule has 4 rings (SSSR count). The summed E-state index contributed by atoms with van der Waals surface area (Å²) in [7, 11) is 1.70. The van der Waals surface area contributed by atoms with Crippen molar-refractivity contribution in [1.29, 1.82) is 0 Å². The quantitative estimate of drug-likeness (QED) is 0.698. The zero-order valence-electron chi connectivity index (χ0n) is 18.5. The van der Waals surface area contributed by atoms with Crippen LogP contribution in [-0.4, -0.2) is 42.4 Å². The number of aliphatic hydroxyl groups is 1. The van der Waals surface area contributed by atoms with Gasteiger partial charge in [-0.25, -0.2) is 0 Å². The summed E-state index contributed by atoms with van der Waals surface area (Å²) in [6.07, 6.45) is 4.60. The highest BCUT2D eigenvalue weighted by molar-refractivity contribution is 5.45. The molecule has 162 valence electrons. The van der Waals surface area contributed by atoms with Gasteiger partial charge in [0.05, 0.1) is 19.3 Å². The van der Waals surface area contributed by atoms with Crippen LogP contribution in [0.25, 0.3) is 0 Å². The Labute approximate surface area is 180 Å². The van der Waals surface area contributed by atoms with Crippen LogP contribution in [0.5, 0.6) is 11.5 Å². The summed E-state index contributed by atoms with van der Waals surface area (Å²) in [6.45, 7) is 6.84. The molecule has 1 saturated carbocycles. The molecule has 2 aromatic rings. The van der Waals surface area contributed by atoms with Crippen molar-refractivity contribution in [2.45, 2.75) is 64.2 Å². The van der Waals surface area contributed by atoms with Crippen molar-refractivity contribution in [2.75, 3.05) is 20.2 Å². The van der Waals surface area contributed by atoms with Crippen molar-refractivity contribution >= 4 is 0 Å². The van der Waals surface area contributed by atoms with E-state index < -0.39 is 6.10 Å². The summed E-state index contributed by atoms with van der Waals surface area (Å²) in [5.41, 5.74) is 2.32. The van der Waals surface area contributed by atoms with E-state index in [1.807, 2.05) is 13.0 Å². The van der Waals surface area contributed by atoms with Crippen LogP contribution < -0.4 is 9.47 Å². The van der Waals surface area contributed by atoms with Gasteiger partial charge in [0, 0.05) is 31.0 Å². The number of likely N-dealkylation sites (tertiary alicyclic amines) is 1. The van der Waals surface area contributed by atoms with Gasteiger partial charge < -0.3 is 14.6 Å². The molecular formula is C26H35NO3. The Hall–Kier alpha value is -2.04. The molecule has 0 amide bonds. The lowest BCUT2D eigenvalue weighted by molar-refractivity contribution is 0.0474. The van der Waals surface area contributed by atoms with E-state index in [2.05, 4.69) is 54.3 Å². The van der Waals surface area contributed by atoms with Gasteiger partial charge in [0.1, 0.15) is 0 Å². The number of benzene rings is 2. The highest BCUT2D eigenvalue weighted by atomic mass is 16.5. The smallest absolute Gasteiger partial charge is 0.161 e. The van der Waals surface area contributed by atoms with Gasteiger partial charge in [-0.05, 0) is 55.9 Å². The van der Waals surface area contributed by atoms with E-state index in [4.69, 9.17) is 9.47 Å². The highest BCUT2D eigenvalue weighted by Crippen LogP contribution is 2.47. The number of aliphatic hydroxyl groups excluding tert-OH is 1. The van der Waals surface area contributed by atoms with Gasteiger partial charge in [-0.15, -0.1) is 0 Å². The molecule has 0 radical (unpaired) electrons.